The van der Waals surface area contributed by atoms with E-state index in [4.69, 9.17) is 5.84 Å². The fraction of sp³-hybridized carbons (Fsp3) is 0.182. The third kappa shape index (κ3) is 2.64. The van der Waals surface area contributed by atoms with Crippen molar-refractivity contribution >= 4 is 17.4 Å². The maximum absolute atomic E-state index is 12.0. The molecule has 0 atom stereocenters. The molecule has 0 saturated heterocycles. The number of nitrogens with one attached hydrogen (secondary N) is 2. The van der Waals surface area contributed by atoms with Crippen molar-refractivity contribution in [1.82, 2.24) is 10.1 Å². The number of carbonyl (C=O) groups excluding carboxylic acids is 1. The Labute approximate surface area is 103 Å². The van der Waals surface area contributed by atoms with Gasteiger partial charge in [-0.1, -0.05) is 12.1 Å². The summed E-state index contributed by atoms with van der Waals surface area (Å²) in [5, 5.41) is 6.15. The summed E-state index contributed by atoms with van der Waals surface area (Å²) in [5.74, 6) is 5.49. The van der Waals surface area contributed by atoms with Crippen molar-refractivity contribution in [2.45, 2.75) is 13.3 Å². The number of amides is 1. The van der Waals surface area contributed by atoms with Crippen LogP contribution in [0, 0.1) is 0 Å². The van der Waals surface area contributed by atoms with Crippen LogP contribution in [0.3, 0.4) is 0 Å². The number of aromatic nitrogens is 2. The number of pyridine rings is 1. The molecule has 1 amide bonds. The molecule has 18 heavy (non-hydrogen) atoms. The minimum absolute atomic E-state index is 0.271. The molecule has 0 spiro atoms. The van der Waals surface area contributed by atoms with Crippen LogP contribution in [-0.2, 0) is 6.42 Å². The quantitative estimate of drug-likeness (QED) is 0.553. The van der Waals surface area contributed by atoms with Crippen molar-refractivity contribution in [2.75, 3.05) is 10.7 Å². The molecule has 2 aromatic heterocycles. The lowest BCUT2D eigenvalue weighted by Gasteiger charge is -2.07. The van der Waals surface area contributed by atoms with E-state index in [9.17, 15) is 4.79 Å². The largest absolute Gasteiger partial charge is 0.363 e. The van der Waals surface area contributed by atoms with Gasteiger partial charge in [0.2, 0.25) is 0 Å². The standard InChI is InChI=1S/C11H13N5O2/c1-2-8-3-7(4-10(14-8)16-12)11(17)15-9-5-13-18-6-9/h3-6H,2,12H2,1H3,(H,14,16)(H,15,17). The van der Waals surface area contributed by atoms with Crippen LogP contribution in [0.5, 0.6) is 0 Å². The molecule has 0 fully saturated rings. The van der Waals surface area contributed by atoms with Gasteiger partial charge in [0.05, 0.1) is 6.20 Å². The van der Waals surface area contributed by atoms with Crippen LogP contribution in [-0.4, -0.2) is 16.0 Å². The van der Waals surface area contributed by atoms with E-state index in [1.54, 1.807) is 12.1 Å². The van der Waals surface area contributed by atoms with Gasteiger partial charge < -0.3 is 15.3 Å². The minimum Gasteiger partial charge on any atom is -0.363 e. The number of anilines is 2. The second-order valence-corrected chi connectivity index (χ2v) is 3.60. The van der Waals surface area contributed by atoms with Gasteiger partial charge in [0, 0.05) is 11.3 Å². The number of rotatable bonds is 4. The van der Waals surface area contributed by atoms with Gasteiger partial charge in [-0.05, 0) is 18.6 Å². The predicted octanol–water partition coefficient (Wildman–Crippen LogP) is 1.17. The summed E-state index contributed by atoms with van der Waals surface area (Å²) in [6.07, 6.45) is 3.48. The molecule has 2 aromatic rings. The molecule has 2 rings (SSSR count). The number of hydrogen-bond donors (Lipinski definition) is 3. The first-order chi connectivity index (χ1) is 8.72. The number of hydrogen-bond acceptors (Lipinski definition) is 6. The van der Waals surface area contributed by atoms with Gasteiger partial charge >= 0.3 is 0 Å². The summed E-state index contributed by atoms with van der Waals surface area (Å²) in [5.41, 5.74) is 4.18. The summed E-state index contributed by atoms with van der Waals surface area (Å²) in [4.78, 5) is 16.2. The summed E-state index contributed by atoms with van der Waals surface area (Å²) >= 11 is 0. The number of nitrogens with zero attached hydrogens (tertiary/aromatic N) is 2. The Balaban J connectivity index is 2.23. The lowest BCUT2D eigenvalue weighted by molar-refractivity contribution is 0.102. The average molecular weight is 247 g/mol. The van der Waals surface area contributed by atoms with E-state index in [2.05, 4.69) is 25.4 Å². The Hall–Kier alpha value is -2.41. The van der Waals surface area contributed by atoms with E-state index in [-0.39, 0.29) is 5.91 Å². The van der Waals surface area contributed by atoms with Crippen LogP contribution < -0.4 is 16.6 Å². The monoisotopic (exact) mass is 247 g/mol. The summed E-state index contributed by atoms with van der Waals surface area (Å²) in [6.45, 7) is 1.95. The molecule has 0 saturated carbocycles. The van der Waals surface area contributed by atoms with Crippen LogP contribution in [0.15, 0.2) is 29.1 Å². The summed E-state index contributed by atoms with van der Waals surface area (Å²) in [6, 6.07) is 3.28. The minimum atomic E-state index is -0.271. The van der Waals surface area contributed by atoms with Gasteiger partial charge in [-0.3, -0.25) is 4.79 Å². The zero-order valence-electron chi connectivity index (χ0n) is 9.80. The Bertz CT molecular complexity index is 516. The molecule has 7 heteroatoms. The number of hydrazine groups is 1. The Kier molecular flexibility index (Phi) is 3.54. The molecule has 0 aliphatic heterocycles. The van der Waals surface area contributed by atoms with Crippen LogP contribution >= 0.6 is 0 Å². The van der Waals surface area contributed by atoms with Gasteiger partial charge in [0.25, 0.3) is 5.91 Å². The van der Waals surface area contributed by atoms with Crippen molar-refractivity contribution in [3.8, 4) is 0 Å². The normalized spacial score (nSPS) is 10.1. The number of aryl methyl sites for hydroxylation is 1. The van der Waals surface area contributed by atoms with Crippen LogP contribution in [0.1, 0.15) is 23.0 Å². The van der Waals surface area contributed by atoms with Crippen LogP contribution in [0.2, 0.25) is 0 Å². The fourth-order valence-corrected chi connectivity index (χ4v) is 1.44. The van der Waals surface area contributed by atoms with Gasteiger partial charge in [0.1, 0.15) is 17.8 Å². The van der Waals surface area contributed by atoms with Gasteiger partial charge in [-0.15, -0.1) is 0 Å². The Morgan fingerprint density at radius 1 is 1.50 bits per heavy atom. The predicted molar refractivity (Wildman–Crippen MR) is 65.9 cm³/mol. The van der Waals surface area contributed by atoms with E-state index in [0.29, 0.717) is 23.5 Å². The molecular formula is C11H13N5O2. The molecule has 7 nitrogen and oxygen atoms in total. The smallest absolute Gasteiger partial charge is 0.255 e. The highest BCUT2D eigenvalue weighted by Crippen LogP contribution is 2.13. The van der Waals surface area contributed by atoms with E-state index >= 15 is 0 Å². The maximum atomic E-state index is 12.0. The van der Waals surface area contributed by atoms with Gasteiger partial charge in [-0.25, -0.2) is 10.8 Å². The number of carbonyl (C=O) groups is 1. The van der Waals surface area contributed by atoms with E-state index in [1.807, 2.05) is 6.92 Å². The first-order valence-electron chi connectivity index (χ1n) is 5.41. The first-order valence-corrected chi connectivity index (χ1v) is 5.41. The molecule has 2 heterocycles. The van der Waals surface area contributed by atoms with Crippen molar-refractivity contribution in [3.63, 3.8) is 0 Å². The third-order valence-electron chi connectivity index (χ3n) is 2.34. The average Bonchev–Trinajstić information content (AvgIpc) is 2.90. The molecule has 0 bridgehead atoms. The number of nitrogen functional groups attached to an aromatic ring is 1. The third-order valence-corrected chi connectivity index (χ3v) is 2.34. The lowest BCUT2D eigenvalue weighted by Crippen LogP contribution is -2.15. The highest BCUT2D eigenvalue weighted by atomic mass is 16.5. The molecular weight excluding hydrogens is 234 g/mol. The molecule has 0 aromatic carbocycles. The first kappa shape index (κ1) is 12.1. The van der Waals surface area contributed by atoms with Gasteiger partial charge in [-0.2, -0.15) is 0 Å². The lowest BCUT2D eigenvalue weighted by atomic mass is 10.2. The molecule has 0 aliphatic rings. The summed E-state index contributed by atoms with van der Waals surface area (Å²) in [7, 11) is 0. The Morgan fingerprint density at radius 3 is 2.94 bits per heavy atom. The van der Waals surface area contributed by atoms with E-state index < -0.39 is 0 Å². The van der Waals surface area contributed by atoms with Crippen molar-refractivity contribution in [1.29, 1.82) is 0 Å². The number of nitrogens with two attached hydrogens (primary N) is 1. The second kappa shape index (κ2) is 5.28. The van der Waals surface area contributed by atoms with E-state index in [0.717, 1.165) is 5.69 Å². The van der Waals surface area contributed by atoms with Crippen LogP contribution in [0.25, 0.3) is 0 Å². The van der Waals surface area contributed by atoms with Crippen molar-refractivity contribution in [2.24, 2.45) is 5.84 Å². The molecule has 0 unspecified atom stereocenters. The Morgan fingerprint density at radius 2 is 2.33 bits per heavy atom. The van der Waals surface area contributed by atoms with Crippen molar-refractivity contribution < 1.29 is 9.32 Å². The highest BCUT2D eigenvalue weighted by molar-refractivity contribution is 6.04. The molecule has 94 valence electrons. The molecule has 0 radical (unpaired) electrons. The molecule has 4 N–H and O–H groups in total. The topological polar surface area (TPSA) is 106 Å². The fourth-order valence-electron chi connectivity index (χ4n) is 1.44. The van der Waals surface area contributed by atoms with Gasteiger partial charge in [0.15, 0.2) is 0 Å². The molecule has 0 aliphatic carbocycles. The van der Waals surface area contributed by atoms with E-state index in [1.165, 1.54) is 12.5 Å². The zero-order chi connectivity index (χ0) is 13.0. The maximum Gasteiger partial charge on any atom is 0.255 e. The van der Waals surface area contributed by atoms with Crippen molar-refractivity contribution in [3.05, 3.63) is 35.9 Å². The highest BCUT2D eigenvalue weighted by Gasteiger charge is 2.10. The zero-order valence-corrected chi connectivity index (χ0v) is 9.80. The second-order valence-electron chi connectivity index (χ2n) is 3.60. The van der Waals surface area contributed by atoms with Crippen LogP contribution in [0.4, 0.5) is 11.5 Å². The summed E-state index contributed by atoms with van der Waals surface area (Å²) < 4.78 is 4.63. The SMILES string of the molecule is CCc1cc(C(=O)Nc2cnoc2)cc(NN)n1.